The third-order valence-electron chi connectivity index (χ3n) is 3.31. The summed E-state index contributed by atoms with van der Waals surface area (Å²) >= 11 is 6.03. The number of amides is 1. The summed E-state index contributed by atoms with van der Waals surface area (Å²) in [5.74, 6) is -1.02. The Bertz CT molecular complexity index is 830. The minimum atomic E-state index is -0.959. The van der Waals surface area contributed by atoms with Crippen molar-refractivity contribution in [3.63, 3.8) is 0 Å². The Morgan fingerprint density at radius 3 is 2.52 bits per heavy atom. The second kappa shape index (κ2) is 7.35. The smallest absolute Gasteiger partial charge is 0.375 e. The van der Waals surface area contributed by atoms with Crippen molar-refractivity contribution in [1.29, 1.82) is 0 Å². The molecule has 132 valence electrons. The fraction of sp³-hybridized carbons (Fsp3) is 0.250. The molecule has 0 bridgehead atoms. The lowest BCUT2D eigenvalue weighted by molar-refractivity contribution is -0.384. The summed E-state index contributed by atoms with van der Waals surface area (Å²) < 4.78 is 10.4. The number of ether oxygens (including phenoxy) is 1. The Kier molecular flexibility index (Phi) is 5.43. The van der Waals surface area contributed by atoms with E-state index in [1.807, 2.05) is 0 Å². The van der Waals surface area contributed by atoms with Crippen molar-refractivity contribution in [3.8, 4) is 11.3 Å². The first-order chi connectivity index (χ1) is 11.7. The number of non-ortho nitro benzene ring substituents is 1. The van der Waals surface area contributed by atoms with Gasteiger partial charge in [-0.15, -0.1) is 0 Å². The molecule has 9 heteroatoms. The van der Waals surface area contributed by atoms with Gasteiger partial charge in [0.25, 0.3) is 11.6 Å². The molecular weight excluding hydrogens is 352 g/mol. The number of esters is 1. The van der Waals surface area contributed by atoms with Gasteiger partial charge in [-0.25, -0.2) is 4.79 Å². The highest BCUT2D eigenvalue weighted by molar-refractivity contribution is 6.33. The third-order valence-corrected chi connectivity index (χ3v) is 3.62. The van der Waals surface area contributed by atoms with E-state index in [-0.39, 0.29) is 28.1 Å². The van der Waals surface area contributed by atoms with E-state index in [2.05, 4.69) is 0 Å². The number of hydrogen-bond acceptors (Lipinski definition) is 6. The molecule has 1 amide bonds. The molecule has 0 aliphatic rings. The summed E-state index contributed by atoms with van der Waals surface area (Å²) in [6.45, 7) is 1.46. The minimum absolute atomic E-state index is 0.108. The highest BCUT2D eigenvalue weighted by atomic mass is 35.5. The predicted molar refractivity (Wildman–Crippen MR) is 89.4 cm³/mol. The van der Waals surface area contributed by atoms with Crippen molar-refractivity contribution in [2.75, 3.05) is 14.1 Å². The molecule has 0 unspecified atom stereocenters. The van der Waals surface area contributed by atoms with E-state index in [9.17, 15) is 19.7 Å². The van der Waals surface area contributed by atoms with Crippen LogP contribution in [0.2, 0.25) is 5.02 Å². The van der Waals surface area contributed by atoms with Gasteiger partial charge in [-0.05, 0) is 25.1 Å². The average Bonchev–Trinajstić information content (AvgIpc) is 3.03. The lowest BCUT2D eigenvalue weighted by Crippen LogP contribution is -2.34. The van der Waals surface area contributed by atoms with Crippen LogP contribution in [0.3, 0.4) is 0 Å². The Morgan fingerprint density at radius 2 is 1.96 bits per heavy atom. The maximum absolute atomic E-state index is 12.0. The van der Waals surface area contributed by atoms with Crippen LogP contribution in [-0.2, 0) is 9.53 Å². The second-order valence-corrected chi connectivity index (χ2v) is 5.77. The van der Waals surface area contributed by atoms with Crippen LogP contribution in [0, 0.1) is 10.1 Å². The van der Waals surface area contributed by atoms with Crippen LogP contribution < -0.4 is 0 Å². The van der Waals surface area contributed by atoms with Crippen LogP contribution in [0.15, 0.2) is 34.7 Å². The lowest BCUT2D eigenvalue weighted by atomic mass is 10.1. The summed E-state index contributed by atoms with van der Waals surface area (Å²) in [6.07, 6.45) is -0.959. The molecule has 1 aromatic carbocycles. The van der Waals surface area contributed by atoms with Crippen LogP contribution in [-0.4, -0.2) is 41.9 Å². The van der Waals surface area contributed by atoms with Gasteiger partial charge in [0.2, 0.25) is 5.76 Å². The number of nitrogens with zero attached hydrogens (tertiary/aromatic N) is 2. The molecule has 8 nitrogen and oxygen atoms in total. The molecule has 0 saturated heterocycles. The van der Waals surface area contributed by atoms with Crippen molar-refractivity contribution in [3.05, 3.63) is 51.2 Å². The maximum Gasteiger partial charge on any atom is 0.375 e. The summed E-state index contributed by atoms with van der Waals surface area (Å²) in [6, 6.07) is 6.76. The molecule has 0 spiro atoms. The van der Waals surface area contributed by atoms with Crippen molar-refractivity contribution in [2.45, 2.75) is 13.0 Å². The van der Waals surface area contributed by atoms with Gasteiger partial charge < -0.3 is 14.1 Å². The fourth-order valence-electron chi connectivity index (χ4n) is 2.04. The summed E-state index contributed by atoms with van der Waals surface area (Å²) in [4.78, 5) is 35.2. The Morgan fingerprint density at radius 1 is 1.28 bits per heavy atom. The SMILES string of the molecule is C[C@@H](OC(=O)c1ccc(-c2ccc([N+](=O)[O-])cc2Cl)o1)C(=O)N(C)C. The van der Waals surface area contributed by atoms with E-state index in [0.717, 1.165) is 0 Å². The zero-order valence-electron chi connectivity index (χ0n) is 13.7. The summed E-state index contributed by atoms with van der Waals surface area (Å²) in [5, 5.41) is 10.8. The number of likely N-dealkylation sites (N-methyl/N-ethyl adjacent to an activating group) is 1. The lowest BCUT2D eigenvalue weighted by Gasteiger charge is -2.16. The molecule has 1 aromatic heterocycles. The molecule has 0 aliphatic heterocycles. The maximum atomic E-state index is 12.0. The van der Waals surface area contributed by atoms with Gasteiger partial charge in [-0.1, -0.05) is 11.6 Å². The van der Waals surface area contributed by atoms with Gasteiger partial charge in [0.15, 0.2) is 6.10 Å². The number of carbonyl (C=O) groups is 2. The van der Waals surface area contributed by atoms with E-state index < -0.39 is 17.0 Å². The number of nitro groups is 1. The van der Waals surface area contributed by atoms with E-state index in [0.29, 0.717) is 5.56 Å². The van der Waals surface area contributed by atoms with E-state index >= 15 is 0 Å². The first-order valence-corrected chi connectivity index (χ1v) is 7.54. The Balaban J connectivity index is 2.18. The second-order valence-electron chi connectivity index (χ2n) is 5.37. The van der Waals surface area contributed by atoms with Gasteiger partial charge in [-0.3, -0.25) is 14.9 Å². The van der Waals surface area contributed by atoms with Crippen molar-refractivity contribution in [1.82, 2.24) is 4.90 Å². The molecule has 0 saturated carbocycles. The quantitative estimate of drug-likeness (QED) is 0.457. The third kappa shape index (κ3) is 4.16. The van der Waals surface area contributed by atoms with Gasteiger partial charge in [0.1, 0.15) is 5.76 Å². The monoisotopic (exact) mass is 366 g/mol. The highest BCUT2D eigenvalue weighted by Crippen LogP contribution is 2.32. The molecule has 0 aliphatic carbocycles. The number of furan rings is 1. The highest BCUT2D eigenvalue weighted by Gasteiger charge is 2.23. The molecule has 25 heavy (non-hydrogen) atoms. The molecule has 1 heterocycles. The number of benzene rings is 1. The molecular formula is C16H15ClN2O6. The zero-order chi connectivity index (χ0) is 18.7. The van der Waals surface area contributed by atoms with Crippen LogP contribution in [0.1, 0.15) is 17.5 Å². The van der Waals surface area contributed by atoms with Crippen molar-refractivity contribution < 1.29 is 23.7 Å². The number of carbonyl (C=O) groups excluding carboxylic acids is 2. The van der Waals surface area contributed by atoms with Crippen LogP contribution >= 0.6 is 11.6 Å². The summed E-state index contributed by atoms with van der Waals surface area (Å²) in [7, 11) is 3.10. The summed E-state index contributed by atoms with van der Waals surface area (Å²) in [5.41, 5.74) is 0.236. The van der Waals surface area contributed by atoms with Gasteiger partial charge in [-0.2, -0.15) is 0 Å². The molecule has 0 fully saturated rings. The fourth-order valence-corrected chi connectivity index (χ4v) is 2.31. The van der Waals surface area contributed by atoms with Crippen LogP contribution in [0.25, 0.3) is 11.3 Å². The van der Waals surface area contributed by atoms with E-state index in [4.69, 9.17) is 20.8 Å². The zero-order valence-corrected chi connectivity index (χ0v) is 14.4. The van der Waals surface area contributed by atoms with E-state index in [1.54, 1.807) is 14.1 Å². The largest absolute Gasteiger partial charge is 0.449 e. The molecule has 0 N–H and O–H groups in total. The number of nitro benzene ring substituents is 1. The molecule has 1 atom stereocenters. The van der Waals surface area contributed by atoms with Crippen LogP contribution in [0.5, 0.6) is 0 Å². The Hall–Kier alpha value is -2.87. The molecule has 0 radical (unpaired) electrons. The number of rotatable bonds is 5. The van der Waals surface area contributed by atoms with Crippen molar-refractivity contribution in [2.24, 2.45) is 0 Å². The molecule has 2 aromatic rings. The topological polar surface area (TPSA) is 103 Å². The standard InChI is InChI=1S/C16H15ClN2O6/c1-9(15(20)18(2)3)24-16(21)14-7-6-13(25-14)11-5-4-10(19(22)23)8-12(11)17/h4-9H,1-3H3/t9-/m1/s1. The van der Waals surface area contributed by atoms with E-state index in [1.165, 1.54) is 42.2 Å². The Labute approximate surface area is 148 Å². The average molecular weight is 367 g/mol. The first-order valence-electron chi connectivity index (χ1n) is 7.17. The normalized spacial score (nSPS) is 11.7. The first kappa shape index (κ1) is 18.5. The number of halogens is 1. The van der Waals surface area contributed by atoms with Gasteiger partial charge in [0, 0.05) is 31.8 Å². The minimum Gasteiger partial charge on any atom is -0.449 e. The van der Waals surface area contributed by atoms with Crippen molar-refractivity contribution >= 4 is 29.2 Å². The van der Waals surface area contributed by atoms with Gasteiger partial charge >= 0.3 is 5.97 Å². The number of hydrogen-bond donors (Lipinski definition) is 0. The molecule has 2 rings (SSSR count). The van der Waals surface area contributed by atoms with Gasteiger partial charge in [0.05, 0.1) is 9.95 Å². The van der Waals surface area contributed by atoms with Crippen LogP contribution in [0.4, 0.5) is 5.69 Å². The predicted octanol–water partition coefficient (Wildman–Crippen LogP) is 3.14.